The zero-order chi connectivity index (χ0) is 9.03. The van der Waals surface area contributed by atoms with Gasteiger partial charge in [0.1, 0.15) is 0 Å². The number of nitrogens with one attached hydrogen (secondary N) is 2. The summed E-state index contributed by atoms with van der Waals surface area (Å²) in [5.41, 5.74) is 0.241. The second-order valence-electron chi connectivity index (χ2n) is 4.45. The third-order valence-corrected chi connectivity index (χ3v) is 2.04. The van der Waals surface area contributed by atoms with Gasteiger partial charge in [-0.2, -0.15) is 0 Å². The summed E-state index contributed by atoms with van der Waals surface area (Å²) in [6.45, 7) is 12.2. The molecule has 0 spiro atoms. The van der Waals surface area contributed by atoms with E-state index in [2.05, 4.69) is 36.3 Å². The number of hydrogen-bond donors (Lipinski definition) is 2. The van der Waals surface area contributed by atoms with E-state index in [9.17, 15) is 0 Å². The molecule has 0 atom stereocenters. The highest BCUT2D eigenvalue weighted by atomic mass is 15.3. The van der Waals surface area contributed by atoms with E-state index in [1.165, 1.54) is 13.1 Å². The van der Waals surface area contributed by atoms with Gasteiger partial charge in [0.15, 0.2) is 0 Å². The Morgan fingerprint density at radius 3 is 2.33 bits per heavy atom. The van der Waals surface area contributed by atoms with Crippen LogP contribution in [0.25, 0.3) is 0 Å². The zero-order valence-electron chi connectivity index (χ0n) is 8.48. The van der Waals surface area contributed by atoms with Crippen LogP contribution in [0.15, 0.2) is 0 Å². The van der Waals surface area contributed by atoms with Crippen LogP contribution < -0.4 is 10.6 Å². The van der Waals surface area contributed by atoms with Gasteiger partial charge in [0.05, 0.1) is 0 Å². The van der Waals surface area contributed by atoms with E-state index < -0.39 is 0 Å². The van der Waals surface area contributed by atoms with Crippen molar-refractivity contribution in [2.45, 2.75) is 26.3 Å². The van der Waals surface area contributed by atoms with Crippen molar-refractivity contribution in [3.63, 3.8) is 0 Å². The van der Waals surface area contributed by atoms with Gasteiger partial charge in [-0.1, -0.05) is 0 Å². The average molecular weight is 171 g/mol. The molecule has 0 aliphatic carbocycles. The largest absolute Gasteiger partial charge is 0.314 e. The lowest BCUT2D eigenvalue weighted by atomic mass is 10.1. The Labute approximate surface area is 75.5 Å². The van der Waals surface area contributed by atoms with E-state index in [0.717, 1.165) is 19.8 Å². The van der Waals surface area contributed by atoms with Crippen LogP contribution in [0.1, 0.15) is 20.8 Å². The lowest BCUT2D eigenvalue weighted by Gasteiger charge is -2.31. The van der Waals surface area contributed by atoms with Crippen LogP contribution in [0, 0.1) is 0 Å². The highest BCUT2D eigenvalue weighted by molar-refractivity contribution is 4.72. The molecule has 0 radical (unpaired) electrons. The Kier molecular flexibility index (Phi) is 3.50. The number of rotatable bonds is 2. The minimum Gasteiger partial charge on any atom is -0.314 e. The highest BCUT2D eigenvalue weighted by Crippen LogP contribution is 1.99. The quantitative estimate of drug-likeness (QED) is 0.623. The van der Waals surface area contributed by atoms with Crippen LogP contribution in [0.2, 0.25) is 0 Å². The molecule has 1 aliphatic rings. The second kappa shape index (κ2) is 4.21. The molecule has 2 N–H and O–H groups in total. The van der Waals surface area contributed by atoms with Crippen molar-refractivity contribution in [2.75, 3.05) is 32.8 Å². The van der Waals surface area contributed by atoms with E-state index in [0.29, 0.717) is 0 Å². The van der Waals surface area contributed by atoms with Gasteiger partial charge in [-0.3, -0.25) is 10.2 Å². The van der Waals surface area contributed by atoms with Gasteiger partial charge in [-0.05, 0) is 20.8 Å². The molecular weight excluding hydrogens is 150 g/mol. The molecule has 0 aromatic carbocycles. The number of piperazine rings is 1. The molecule has 3 heteroatoms. The smallest absolute Gasteiger partial charge is 0.0485 e. The van der Waals surface area contributed by atoms with Crippen LogP contribution in [-0.4, -0.2) is 43.3 Å². The lowest BCUT2D eigenvalue weighted by Crippen LogP contribution is -2.50. The molecule has 1 aliphatic heterocycles. The molecule has 1 heterocycles. The minimum atomic E-state index is 0.241. The van der Waals surface area contributed by atoms with Crippen LogP contribution in [-0.2, 0) is 0 Å². The van der Waals surface area contributed by atoms with Gasteiger partial charge in [0.25, 0.3) is 0 Å². The van der Waals surface area contributed by atoms with E-state index in [-0.39, 0.29) is 5.54 Å². The molecule has 1 rings (SSSR count). The van der Waals surface area contributed by atoms with Gasteiger partial charge in [0, 0.05) is 38.4 Å². The summed E-state index contributed by atoms with van der Waals surface area (Å²) in [6, 6.07) is 0. The van der Waals surface area contributed by atoms with Gasteiger partial charge >= 0.3 is 0 Å². The summed E-state index contributed by atoms with van der Waals surface area (Å²) in [5.74, 6) is 0. The normalized spacial score (nSPS) is 21.2. The predicted octanol–water partition coefficient (Wildman–Crippen LogP) is 0.237. The van der Waals surface area contributed by atoms with Crippen LogP contribution in [0.4, 0.5) is 0 Å². The molecule has 0 bridgehead atoms. The fraction of sp³-hybridized carbons (Fsp3) is 1.00. The first-order valence-corrected chi connectivity index (χ1v) is 4.76. The molecule has 12 heavy (non-hydrogen) atoms. The second-order valence-corrected chi connectivity index (χ2v) is 4.45. The maximum absolute atomic E-state index is 3.49. The summed E-state index contributed by atoms with van der Waals surface area (Å²) < 4.78 is 0. The first-order chi connectivity index (χ1) is 5.58. The van der Waals surface area contributed by atoms with Crippen molar-refractivity contribution in [1.29, 1.82) is 0 Å². The third kappa shape index (κ3) is 4.04. The maximum atomic E-state index is 3.49. The summed E-state index contributed by atoms with van der Waals surface area (Å²) in [4.78, 5) is 2.45. The zero-order valence-corrected chi connectivity index (χ0v) is 8.48. The van der Waals surface area contributed by atoms with Crippen molar-refractivity contribution >= 4 is 0 Å². The van der Waals surface area contributed by atoms with E-state index in [1.807, 2.05) is 0 Å². The predicted molar refractivity (Wildman–Crippen MR) is 52.2 cm³/mol. The topological polar surface area (TPSA) is 27.3 Å². The van der Waals surface area contributed by atoms with E-state index in [1.54, 1.807) is 0 Å². The molecular formula is C9H21N3. The fourth-order valence-corrected chi connectivity index (χ4v) is 1.22. The van der Waals surface area contributed by atoms with Crippen molar-refractivity contribution in [1.82, 2.24) is 15.5 Å². The van der Waals surface area contributed by atoms with Crippen molar-refractivity contribution in [3.05, 3.63) is 0 Å². The Morgan fingerprint density at radius 1 is 1.25 bits per heavy atom. The Bertz CT molecular complexity index is 122. The summed E-state index contributed by atoms with van der Waals surface area (Å²) in [7, 11) is 0. The Hall–Kier alpha value is -0.120. The molecule has 0 unspecified atom stereocenters. The number of nitrogens with zero attached hydrogens (tertiary/aromatic N) is 1. The van der Waals surface area contributed by atoms with Gasteiger partial charge in [-0.15, -0.1) is 0 Å². The van der Waals surface area contributed by atoms with Crippen LogP contribution in [0.3, 0.4) is 0 Å². The molecule has 3 nitrogen and oxygen atoms in total. The average Bonchev–Trinajstić information content (AvgIpc) is 2.02. The fourth-order valence-electron chi connectivity index (χ4n) is 1.22. The molecule has 1 saturated heterocycles. The monoisotopic (exact) mass is 171 g/mol. The van der Waals surface area contributed by atoms with Crippen molar-refractivity contribution in [2.24, 2.45) is 0 Å². The lowest BCUT2D eigenvalue weighted by molar-refractivity contribution is 0.200. The maximum Gasteiger partial charge on any atom is 0.0485 e. The molecule has 0 aromatic heterocycles. The van der Waals surface area contributed by atoms with Crippen LogP contribution >= 0.6 is 0 Å². The molecule has 0 aromatic rings. The summed E-state index contributed by atoms with van der Waals surface area (Å²) >= 11 is 0. The molecule has 1 fully saturated rings. The molecule has 0 amide bonds. The molecule has 72 valence electrons. The first kappa shape index (κ1) is 9.96. The van der Waals surface area contributed by atoms with Crippen molar-refractivity contribution in [3.8, 4) is 0 Å². The Morgan fingerprint density at radius 2 is 1.83 bits per heavy atom. The highest BCUT2D eigenvalue weighted by Gasteiger charge is 2.13. The number of hydrogen-bond acceptors (Lipinski definition) is 3. The SMILES string of the molecule is CC(C)(C)NCN1CCNCC1. The molecule has 0 saturated carbocycles. The first-order valence-electron chi connectivity index (χ1n) is 4.76. The van der Waals surface area contributed by atoms with Gasteiger partial charge < -0.3 is 5.32 Å². The minimum absolute atomic E-state index is 0.241. The van der Waals surface area contributed by atoms with E-state index in [4.69, 9.17) is 0 Å². The van der Waals surface area contributed by atoms with Gasteiger partial charge in [-0.25, -0.2) is 0 Å². The summed E-state index contributed by atoms with van der Waals surface area (Å²) in [5, 5.41) is 6.83. The van der Waals surface area contributed by atoms with Crippen molar-refractivity contribution < 1.29 is 0 Å². The van der Waals surface area contributed by atoms with Crippen LogP contribution in [0.5, 0.6) is 0 Å². The third-order valence-electron chi connectivity index (χ3n) is 2.04. The Balaban J connectivity index is 2.13. The van der Waals surface area contributed by atoms with E-state index >= 15 is 0 Å². The van der Waals surface area contributed by atoms with Gasteiger partial charge in [0.2, 0.25) is 0 Å². The summed E-state index contributed by atoms with van der Waals surface area (Å²) in [6.07, 6.45) is 0. The standard InChI is InChI=1S/C9H21N3/c1-9(2,3)11-8-12-6-4-10-5-7-12/h10-11H,4-8H2,1-3H3.